The number of likely N-dealkylation sites (N-methyl/N-ethyl adjacent to an activating group) is 1. The van der Waals surface area contributed by atoms with Crippen LogP contribution in [0, 0.1) is 5.82 Å². The Kier molecular flexibility index (Phi) is 7.66. The molecule has 2 aromatic heterocycles. The van der Waals surface area contributed by atoms with Crippen LogP contribution in [0.3, 0.4) is 0 Å². The summed E-state index contributed by atoms with van der Waals surface area (Å²) in [5.74, 6) is -1.70. The quantitative estimate of drug-likeness (QED) is 0.229. The number of hydrogen-bond donors (Lipinski definition) is 3. The van der Waals surface area contributed by atoms with Crippen LogP contribution in [0.1, 0.15) is 54.3 Å². The molecule has 1 fully saturated rings. The van der Waals surface area contributed by atoms with E-state index in [1.807, 2.05) is 0 Å². The molecule has 0 radical (unpaired) electrons. The predicted octanol–water partition coefficient (Wildman–Crippen LogP) is 4.55. The standard InChI is InChI=1S/C32H31F4N5O5/c1-4-37-29(43)30(2)16-46-27-22(30)13-24(39-26(27)17-5-7-20(33)8-6-17)31(44,32(34,35)36)15-38-28(42)18-11-19-14-41(21-9-10-21)40-25(19)23(12-18)45-3/h5-8,11-14,21,44H,4,9-10,15-16H2,1-3H3,(H,37,43)(H,38,42)/t30-,31?/m0/s1. The van der Waals surface area contributed by atoms with Crippen LogP contribution in [0.15, 0.2) is 48.7 Å². The molecule has 2 aromatic carbocycles. The number of alkyl halides is 3. The number of aromatic nitrogens is 3. The fraction of sp³-hybridized carbons (Fsp3) is 0.375. The second-order valence-corrected chi connectivity index (χ2v) is 11.7. The van der Waals surface area contributed by atoms with E-state index >= 15 is 0 Å². The molecular weight excluding hydrogens is 610 g/mol. The van der Waals surface area contributed by atoms with Gasteiger partial charge in [-0.05, 0) is 69.2 Å². The number of methoxy groups -OCH3 is 1. The Bertz CT molecular complexity index is 1840. The van der Waals surface area contributed by atoms with E-state index in [1.54, 1.807) is 17.8 Å². The first-order valence-corrected chi connectivity index (χ1v) is 14.7. The molecule has 3 N–H and O–H groups in total. The zero-order valence-corrected chi connectivity index (χ0v) is 25.2. The molecule has 10 nitrogen and oxygen atoms in total. The lowest BCUT2D eigenvalue weighted by Gasteiger charge is -2.31. The highest BCUT2D eigenvalue weighted by Gasteiger charge is 2.58. The Morgan fingerprint density at radius 2 is 1.87 bits per heavy atom. The Balaban J connectivity index is 1.40. The molecule has 3 heterocycles. The number of rotatable bonds is 9. The van der Waals surface area contributed by atoms with Gasteiger partial charge in [0.1, 0.15) is 40.5 Å². The van der Waals surface area contributed by atoms with Crippen molar-refractivity contribution >= 4 is 22.7 Å². The van der Waals surface area contributed by atoms with Crippen molar-refractivity contribution in [3.8, 4) is 22.8 Å². The van der Waals surface area contributed by atoms with Crippen molar-refractivity contribution in [3.63, 3.8) is 0 Å². The maximum atomic E-state index is 14.8. The van der Waals surface area contributed by atoms with Gasteiger partial charge in [0.2, 0.25) is 11.5 Å². The van der Waals surface area contributed by atoms with Gasteiger partial charge < -0.3 is 25.2 Å². The lowest BCUT2D eigenvalue weighted by atomic mass is 9.81. The maximum Gasteiger partial charge on any atom is 0.424 e. The molecule has 1 saturated carbocycles. The third kappa shape index (κ3) is 5.29. The Hall–Kier alpha value is -4.72. The molecule has 0 saturated heterocycles. The fourth-order valence-electron chi connectivity index (χ4n) is 5.52. The number of amides is 2. The largest absolute Gasteiger partial charge is 0.494 e. The molecule has 2 aliphatic rings. The number of pyridine rings is 1. The first kappa shape index (κ1) is 31.3. The van der Waals surface area contributed by atoms with Crippen molar-refractivity contribution in [3.05, 3.63) is 71.3 Å². The van der Waals surface area contributed by atoms with Gasteiger partial charge >= 0.3 is 6.18 Å². The minimum Gasteiger partial charge on any atom is -0.494 e. The van der Waals surface area contributed by atoms with Crippen LogP contribution in [-0.2, 0) is 15.8 Å². The first-order chi connectivity index (χ1) is 21.8. The third-order valence-electron chi connectivity index (χ3n) is 8.42. The van der Waals surface area contributed by atoms with Crippen molar-refractivity contribution in [2.75, 3.05) is 26.8 Å². The molecule has 1 aliphatic carbocycles. The van der Waals surface area contributed by atoms with E-state index in [4.69, 9.17) is 9.47 Å². The smallest absolute Gasteiger partial charge is 0.424 e. The summed E-state index contributed by atoms with van der Waals surface area (Å²) in [6.45, 7) is 1.92. The third-order valence-corrected chi connectivity index (χ3v) is 8.42. The van der Waals surface area contributed by atoms with E-state index < -0.39 is 47.1 Å². The van der Waals surface area contributed by atoms with Crippen LogP contribution < -0.4 is 20.1 Å². The fourth-order valence-corrected chi connectivity index (χ4v) is 5.52. The molecule has 46 heavy (non-hydrogen) atoms. The van der Waals surface area contributed by atoms with Crippen LogP contribution in [0.2, 0.25) is 0 Å². The van der Waals surface area contributed by atoms with Crippen molar-refractivity contribution in [2.24, 2.45) is 0 Å². The highest BCUT2D eigenvalue weighted by Crippen LogP contribution is 2.48. The van der Waals surface area contributed by atoms with Crippen LogP contribution in [0.4, 0.5) is 17.6 Å². The summed E-state index contributed by atoms with van der Waals surface area (Å²) in [5, 5.41) is 21.3. The molecule has 0 bridgehead atoms. The summed E-state index contributed by atoms with van der Waals surface area (Å²) >= 11 is 0. The van der Waals surface area contributed by atoms with Crippen LogP contribution in [0.5, 0.6) is 11.5 Å². The summed E-state index contributed by atoms with van der Waals surface area (Å²) in [7, 11) is 1.39. The van der Waals surface area contributed by atoms with Gasteiger partial charge in [-0.3, -0.25) is 14.3 Å². The van der Waals surface area contributed by atoms with Crippen LogP contribution in [-0.4, -0.2) is 64.7 Å². The minimum absolute atomic E-state index is 0.00431. The van der Waals surface area contributed by atoms with Gasteiger partial charge in [-0.1, -0.05) is 0 Å². The molecule has 1 aliphatic heterocycles. The molecule has 6 rings (SSSR count). The molecule has 2 atom stereocenters. The molecule has 2 amide bonds. The van der Waals surface area contributed by atoms with Gasteiger partial charge in [-0.2, -0.15) is 18.3 Å². The van der Waals surface area contributed by atoms with Crippen LogP contribution >= 0.6 is 0 Å². The molecule has 0 spiro atoms. The Morgan fingerprint density at radius 1 is 1.15 bits per heavy atom. The maximum absolute atomic E-state index is 14.8. The van der Waals surface area contributed by atoms with Gasteiger partial charge in [0.05, 0.1) is 25.4 Å². The van der Waals surface area contributed by atoms with E-state index in [2.05, 4.69) is 20.7 Å². The second kappa shape index (κ2) is 11.3. The number of hydrogen-bond acceptors (Lipinski definition) is 7. The molecular formula is C32H31F4N5O5. The zero-order valence-electron chi connectivity index (χ0n) is 25.2. The number of nitrogens with zero attached hydrogens (tertiary/aromatic N) is 3. The molecule has 1 unspecified atom stereocenters. The number of nitrogens with one attached hydrogen (secondary N) is 2. The highest BCUT2D eigenvalue weighted by atomic mass is 19.4. The number of carbonyl (C=O) groups is 2. The summed E-state index contributed by atoms with van der Waals surface area (Å²) in [4.78, 5) is 30.6. The van der Waals surface area contributed by atoms with Crippen molar-refractivity contribution < 1.29 is 41.7 Å². The number of carbonyl (C=O) groups excluding carboxylic acids is 2. The summed E-state index contributed by atoms with van der Waals surface area (Å²) in [6.07, 6.45) is -1.66. The Morgan fingerprint density at radius 3 is 2.50 bits per heavy atom. The monoisotopic (exact) mass is 641 g/mol. The second-order valence-electron chi connectivity index (χ2n) is 11.7. The van der Waals surface area contributed by atoms with Gasteiger partial charge in [0, 0.05) is 34.8 Å². The topological polar surface area (TPSA) is 128 Å². The van der Waals surface area contributed by atoms with E-state index in [1.165, 1.54) is 38.3 Å². The summed E-state index contributed by atoms with van der Waals surface area (Å²) in [6, 6.07) is 8.88. The summed E-state index contributed by atoms with van der Waals surface area (Å²) in [5.41, 5.74) is -5.40. The number of benzene rings is 2. The van der Waals surface area contributed by atoms with Gasteiger partial charge in [-0.25, -0.2) is 9.37 Å². The molecule has 242 valence electrons. The van der Waals surface area contributed by atoms with Gasteiger partial charge in [0.25, 0.3) is 5.91 Å². The number of halogens is 4. The first-order valence-electron chi connectivity index (χ1n) is 14.7. The van der Waals surface area contributed by atoms with Gasteiger partial charge in [-0.15, -0.1) is 0 Å². The lowest BCUT2D eigenvalue weighted by molar-refractivity contribution is -0.265. The normalized spacial score (nSPS) is 18.9. The van der Waals surface area contributed by atoms with Crippen molar-refractivity contribution in [2.45, 2.75) is 49.9 Å². The SMILES string of the molecule is CCNC(=O)[C@@]1(C)COc2c1cc(C(O)(CNC(=O)c1cc(OC)c3nn(C4CC4)cc3c1)C(F)(F)F)nc2-c1ccc(F)cc1. The average molecular weight is 642 g/mol. The van der Waals surface area contributed by atoms with E-state index in [0.29, 0.717) is 10.9 Å². The Labute approximate surface area is 260 Å². The molecule has 14 heteroatoms. The average Bonchev–Trinajstić information content (AvgIpc) is 3.70. The summed E-state index contributed by atoms with van der Waals surface area (Å²) < 4.78 is 71.2. The highest BCUT2D eigenvalue weighted by molar-refractivity contribution is 6.00. The lowest BCUT2D eigenvalue weighted by Crippen LogP contribution is -2.52. The predicted molar refractivity (Wildman–Crippen MR) is 158 cm³/mol. The van der Waals surface area contributed by atoms with Crippen molar-refractivity contribution in [1.82, 2.24) is 25.4 Å². The van der Waals surface area contributed by atoms with Crippen LogP contribution in [0.25, 0.3) is 22.2 Å². The minimum atomic E-state index is -5.34. The number of ether oxygens (including phenoxy) is 2. The zero-order chi connectivity index (χ0) is 33.0. The molecule has 4 aromatic rings. The van der Waals surface area contributed by atoms with E-state index in [-0.39, 0.29) is 53.1 Å². The van der Waals surface area contributed by atoms with E-state index in [9.17, 15) is 32.3 Å². The number of aliphatic hydroxyl groups is 1. The number of fused-ring (bicyclic) bond motifs is 2. The van der Waals surface area contributed by atoms with Gasteiger partial charge in [0.15, 0.2) is 0 Å². The van der Waals surface area contributed by atoms with E-state index in [0.717, 1.165) is 31.0 Å². The van der Waals surface area contributed by atoms with Crippen molar-refractivity contribution in [1.29, 1.82) is 0 Å².